The van der Waals surface area contributed by atoms with Crippen LogP contribution in [0, 0.1) is 6.92 Å². The van der Waals surface area contributed by atoms with Gasteiger partial charge in [-0.1, -0.05) is 24.3 Å². The smallest absolute Gasteiger partial charge is 0.193 e. The molecule has 142 valence electrons. The lowest BCUT2D eigenvalue weighted by molar-refractivity contribution is -0.00850. The minimum Gasteiger partial charge on any atom is -0.370 e. The standard InChI is InChI=1S/C19H32N4O.HI/c1-15-9-7-8-10-16(15)17-13-23(11-12-24-17)18(20-4)21-14-19(2,3)22(5)6;/h7-10,17H,11-14H2,1-6H3,(H,20,21);1H. The van der Waals surface area contributed by atoms with Gasteiger partial charge in [0.1, 0.15) is 6.10 Å². The molecule has 0 bridgehead atoms. The van der Waals surface area contributed by atoms with E-state index in [-0.39, 0.29) is 35.6 Å². The lowest BCUT2D eigenvalue weighted by Crippen LogP contribution is -2.54. The van der Waals surface area contributed by atoms with Crippen LogP contribution >= 0.6 is 24.0 Å². The molecule has 1 aliphatic rings. The van der Waals surface area contributed by atoms with E-state index in [1.165, 1.54) is 11.1 Å². The highest BCUT2D eigenvalue weighted by molar-refractivity contribution is 14.0. The van der Waals surface area contributed by atoms with Crippen LogP contribution in [-0.2, 0) is 4.74 Å². The zero-order valence-corrected chi connectivity index (χ0v) is 18.7. The molecule has 1 unspecified atom stereocenters. The lowest BCUT2D eigenvalue weighted by atomic mass is 10.0. The molecule has 1 aromatic carbocycles. The highest BCUT2D eigenvalue weighted by atomic mass is 127. The van der Waals surface area contributed by atoms with Crippen molar-refractivity contribution >= 4 is 29.9 Å². The molecule has 1 saturated heterocycles. The molecule has 1 N–H and O–H groups in total. The number of rotatable bonds is 4. The van der Waals surface area contributed by atoms with Crippen LogP contribution in [-0.4, -0.2) is 68.7 Å². The molecule has 0 aromatic heterocycles. The molecule has 1 heterocycles. The van der Waals surface area contributed by atoms with Crippen LogP contribution in [0.4, 0.5) is 0 Å². The van der Waals surface area contributed by atoms with Gasteiger partial charge in [0.05, 0.1) is 13.2 Å². The molecule has 1 fully saturated rings. The van der Waals surface area contributed by atoms with Gasteiger partial charge in [-0.2, -0.15) is 0 Å². The molecule has 1 aliphatic heterocycles. The van der Waals surface area contributed by atoms with Crippen molar-refractivity contribution in [3.63, 3.8) is 0 Å². The Hall–Kier alpha value is -0.860. The molecule has 1 atom stereocenters. The van der Waals surface area contributed by atoms with E-state index in [1.54, 1.807) is 0 Å². The Balaban J connectivity index is 0.00000312. The maximum Gasteiger partial charge on any atom is 0.193 e. The number of guanidine groups is 1. The van der Waals surface area contributed by atoms with Crippen molar-refractivity contribution in [1.29, 1.82) is 0 Å². The SMILES string of the molecule is CN=C(NCC(C)(C)N(C)C)N1CCOC(c2ccccc2C)C1.I. The summed E-state index contributed by atoms with van der Waals surface area (Å²) in [7, 11) is 6.06. The molecule has 25 heavy (non-hydrogen) atoms. The normalized spacial score (nSPS) is 18.9. The van der Waals surface area contributed by atoms with Crippen molar-refractivity contribution in [2.24, 2.45) is 4.99 Å². The van der Waals surface area contributed by atoms with Gasteiger partial charge < -0.3 is 19.9 Å². The number of hydrogen-bond acceptors (Lipinski definition) is 3. The van der Waals surface area contributed by atoms with Gasteiger partial charge in [-0.05, 0) is 46.0 Å². The molecule has 0 spiro atoms. The van der Waals surface area contributed by atoms with Gasteiger partial charge in [0.15, 0.2) is 5.96 Å². The largest absolute Gasteiger partial charge is 0.370 e. The first-order valence-corrected chi connectivity index (χ1v) is 8.65. The Morgan fingerprint density at radius 3 is 2.64 bits per heavy atom. The van der Waals surface area contributed by atoms with Crippen molar-refractivity contribution in [2.75, 3.05) is 47.4 Å². The third-order valence-electron chi connectivity index (χ3n) is 5.00. The Morgan fingerprint density at radius 1 is 1.36 bits per heavy atom. The van der Waals surface area contributed by atoms with E-state index in [9.17, 15) is 0 Å². The van der Waals surface area contributed by atoms with E-state index in [0.717, 1.165) is 32.2 Å². The third-order valence-corrected chi connectivity index (χ3v) is 5.00. The van der Waals surface area contributed by atoms with Gasteiger partial charge >= 0.3 is 0 Å². The fourth-order valence-electron chi connectivity index (χ4n) is 2.76. The summed E-state index contributed by atoms with van der Waals surface area (Å²) in [6.07, 6.45) is 0.0976. The van der Waals surface area contributed by atoms with Crippen molar-refractivity contribution in [3.8, 4) is 0 Å². The van der Waals surface area contributed by atoms with E-state index in [0.29, 0.717) is 0 Å². The molecule has 0 amide bonds. The van der Waals surface area contributed by atoms with Crippen LogP contribution < -0.4 is 5.32 Å². The van der Waals surface area contributed by atoms with E-state index < -0.39 is 0 Å². The van der Waals surface area contributed by atoms with Gasteiger partial charge in [0.25, 0.3) is 0 Å². The van der Waals surface area contributed by atoms with Crippen molar-refractivity contribution < 1.29 is 4.74 Å². The van der Waals surface area contributed by atoms with Crippen LogP contribution in [0.15, 0.2) is 29.3 Å². The summed E-state index contributed by atoms with van der Waals surface area (Å²) in [5, 5.41) is 3.53. The van der Waals surface area contributed by atoms with Crippen molar-refractivity contribution in [3.05, 3.63) is 35.4 Å². The number of nitrogens with zero attached hydrogens (tertiary/aromatic N) is 3. The molecule has 0 radical (unpaired) electrons. The van der Waals surface area contributed by atoms with Gasteiger partial charge in [-0.15, -0.1) is 24.0 Å². The van der Waals surface area contributed by atoms with Crippen LogP contribution in [0.3, 0.4) is 0 Å². The average molecular weight is 460 g/mol. The number of aryl methyl sites for hydroxylation is 1. The topological polar surface area (TPSA) is 40.1 Å². The zero-order chi connectivity index (χ0) is 17.7. The Bertz CT molecular complexity index is 574. The first-order valence-electron chi connectivity index (χ1n) is 8.65. The molecular weight excluding hydrogens is 427 g/mol. The first kappa shape index (κ1) is 22.2. The van der Waals surface area contributed by atoms with Gasteiger partial charge in [0.2, 0.25) is 0 Å². The summed E-state index contributed by atoms with van der Waals surface area (Å²) < 4.78 is 6.02. The number of ether oxygens (including phenoxy) is 1. The fraction of sp³-hybridized carbons (Fsp3) is 0.632. The number of halogens is 1. The van der Waals surface area contributed by atoms with Crippen molar-refractivity contribution in [1.82, 2.24) is 15.1 Å². The highest BCUT2D eigenvalue weighted by Crippen LogP contribution is 2.25. The van der Waals surface area contributed by atoms with Crippen LogP contribution in [0.2, 0.25) is 0 Å². The molecule has 0 saturated carbocycles. The Labute approximate surface area is 169 Å². The van der Waals surface area contributed by atoms with Crippen LogP contribution in [0.5, 0.6) is 0 Å². The highest BCUT2D eigenvalue weighted by Gasteiger charge is 2.27. The van der Waals surface area contributed by atoms with Gasteiger partial charge in [0, 0.05) is 25.7 Å². The molecular formula is C19H33IN4O. The number of benzene rings is 1. The Morgan fingerprint density at radius 2 is 2.04 bits per heavy atom. The molecule has 5 nitrogen and oxygen atoms in total. The lowest BCUT2D eigenvalue weighted by Gasteiger charge is -2.38. The second-order valence-corrected chi connectivity index (χ2v) is 7.27. The van der Waals surface area contributed by atoms with E-state index in [4.69, 9.17) is 4.74 Å². The molecule has 0 aliphatic carbocycles. The van der Waals surface area contributed by atoms with Gasteiger partial charge in [-0.25, -0.2) is 0 Å². The summed E-state index contributed by atoms with van der Waals surface area (Å²) in [4.78, 5) is 9.00. The quantitative estimate of drug-likeness (QED) is 0.426. The van der Waals surface area contributed by atoms with Crippen LogP contribution in [0.1, 0.15) is 31.1 Å². The minimum atomic E-state index is 0. The predicted octanol–water partition coefficient (Wildman–Crippen LogP) is 2.90. The fourth-order valence-corrected chi connectivity index (χ4v) is 2.76. The van der Waals surface area contributed by atoms with Crippen molar-refractivity contribution in [2.45, 2.75) is 32.4 Å². The maximum absolute atomic E-state index is 6.02. The number of likely N-dealkylation sites (N-methyl/N-ethyl adjacent to an activating group) is 1. The number of aliphatic imine (C=N–C) groups is 1. The van der Waals surface area contributed by atoms with Crippen LogP contribution in [0.25, 0.3) is 0 Å². The summed E-state index contributed by atoms with van der Waals surface area (Å²) in [6.45, 7) is 9.85. The Kier molecular flexibility index (Phi) is 8.63. The number of morpholine rings is 1. The zero-order valence-electron chi connectivity index (χ0n) is 16.4. The average Bonchev–Trinajstić information content (AvgIpc) is 2.56. The molecule has 1 aromatic rings. The maximum atomic E-state index is 6.02. The predicted molar refractivity (Wildman–Crippen MR) is 116 cm³/mol. The monoisotopic (exact) mass is 460 g/mol. The molecule has 6 heteroatoms. The third kappa shape index (κ3) is 5.82. The second-order valence-electron chi connectivity index (χ2n) is 7.27. The summed E-state index contributed by atoms with van der Waals surface area (Å²) in [5.74, 6) is 0.951. The first-order chi connectivity index (χ1) is 11.3. The summed E-state index contributed by atoms with van der Waals surface area (Å²) in [6, 6.07) is 8.46. The minimum absolute atomic E-state index is 0. The van der Waals surface area contributed by atoms with Gasteiger partial charge in [-0.3, -0.25) is 4.99 Å². The van der Waals surface area contributed by atoms with E-state index in [1.807, 2.05) is 7.05 Å². The summed E-state index contributed by atoms with van der Waals surface area (Å²) >= 11 is 0. The second kappa shape index (κ2) is 9.73. The number of nitrogens with one attached hydrogen (secondary N) is 1. The molecule has 2 rings (SSSR count). The summed E-state index contributed by atoms with van der Waals surface area (Å²) in [5.41, 5.74) is 2.62. The number of hydrogen-bond donors (Lipinski definition) is 1. The van der Waals surface area contributed by atoms with E-state index in [2.05, 4.69) is 79.2 Å². The van der Waals surface area contributed by atoms with E-state index >= 15 is 0 Å².